The predicted molar refractivity (Wildman–Crippen MR) is 65.4 cm³/mol. The summed E-state index contributed by atoms with van der Waals surface area (Å²) < 4.78 is 9.90. The summed E-state index contributed by atoms with van der Waals surface area (Å²) in [6.07, 6.45) is 5.23. The zero-order chi connectivity index (χ0) is 12.1. The third-order valence-corrected chi connectivity index (χ3v) is 2.34. The molecule has 0 aliphatic heterocycles. The van der Waals surface area contributed by atoms with E-state index >= 15 is 0 Å². The van der Waals surface area contributed by atoms with Crippen LogP contribution in [0.5, 0.6) is 0 Å². The van der Waals surface area contributed by atoms with E-state index in [9.17, 15) is 4.79 Å². The minimum absolute atomic E-state index is 0.343. The molecule has 1 aromatic carbocycles. The molecule has 0 unspecified atom stereocenters. The molecule has 0 aliphatic rings. The average molecular weight is 228 g/mol. The zero-order valence-corrected chi connectivity index (χ0v) is 9.42. The molecule has 0 saturated carbocycles. The number of carbonyl (C=O) groups is 1. The van der Waals surface area contributed by atoms with Gasteiger partial charge in [-0.05, 0) is 29.8 Å². The molecule has 0 spiro atoms. The van der Waals surface area contributed by atoms with Crippen LogP contribution in [-0.2, 0) is 4.74 Å². The minimum Gasteiger partial charge on any atom is -0.465 e. The smallest absolute Gasteiger partial charge is 0.338 e. The van der Waals surface area contributed by atoms with E-state index in [1.807, 2.05) is 36.4 Å². The molecule has 0 aliphatic carbocycles. The number of esters is 1. The van der Waals surface area contributed by atoms with Gasteiger partial charge in [0.05, 0.1) is 18.9 Å². The molecule has 0 amide bonds. The third-order valence-electron chi connectivity index (χ3n) is 2.34. The standard InChI is InChI=1S/C14H12O3/c1-16-14(15)13-7-3-2-5-11(13)8-9-12-6-4-10-17-12/h2-10H,1H3/b9-8+. The second-order valence-corrected chi connectivity index (χ2v) is 3.43. The molecule has 2 aromatic rings. The fraction of sp³-hybridized carbons (Fsp3) is 0.0714. The first kappa shape index (κ1) is 11.2. The van der Waals surface area contributed by atoms with Crippen LogP contribution in [-0.4, -0.2) is 13.1 Å². The van der Waals surface area contributed by atoms with Crippen molar-refractivity contribution in [3.63, 3.8) is 0 Å². The Morgan fingerprint density at radius 3 is 2.71 bits per heavy atom. The average Bonchev–Trinajstić information content (AvgIpc) is 2.89. The van der Waals surface area contributed by atoms with Crippen LogP contribution in [0.3, 0.4) is 0 Å². The summed E-state index contributed by atoms with van der Waals surface area (Å²) >= 11 is 0. The normalized spacial score (nSPS) is 10.6. The summed E-state index contributed by atoms with van der Waals surface area (Å²) in [5, 5.41) is 0. The summed E-state index contributed by atoms with van der Waals surface area (Å²) in [6.45, 7) is 0. The number of methoxy groups -OCH3 is 1. The molecule has 3 heteroatoms. The minimum atomic E-state index is -0.343. The lowest BCUT2D eigenvalue weighted by Gasteiger charge is -2.02. The van der Waals surface area contributed by atoms with Crippen molar-refractivity contribution in [3.05, 3.63) is 59.5 Å². The fourth-order valence-electron chi connectivity index (χ4n) is 1.50. The van der Waals surface area contributed by atoms with E-state index in [2.05, 4.69) is 0 Å². The van der Waals surface area contributed by atoms with Crippen LogP contribution in [0.15, 0.2) is 47.1 Å². The van der Waals surface area contributed by atoms with E-state index in [0.29, 0.717) is 5.56 Å². The summed E-state index contributed by atoms with van der Waals surface area (Å²) in [5.41, 5.74) is 1.34. The monoisotopic (exact) mass is 228 g/mol. The molecule has 0 fully saturated rings. The summed E-state index contributed by atoms with van der Waals surface area (Å²) in [6, 6.07) is 10.9. The van der Waals surface area contributed by atoms with Crippen molar-refractivity contribution in [2.45, 2.75) is 0 Å². The molecule has 0 saturated heterocycles. The maximum absolute atomic E-state index is 11.5. The maximum atomic E-state index is 11.5. The van der Waals surface area contributed by atoms with Gasteiger partial charge in [-0.15, -0.1) is 0 Å². The van der Waals surface area contributed by atoms with Gasteiger partial charge in [0.15, 0.2) is 0 Å². The Bertz CT molecular complexity index is 524. The molecular weight excluding hydrogens is 216 g/mol. The number of furan rings is 1. The van der Waals surface area contributed by atoms with Crippen molar-refractivity contribution >= 4 is 18.1 Å². The maximum Gasteiger partial charge on any atom is 0.338 e. The Labute approximate surface area is 99.3 Å². The van der Waals surface area contributed by atoms with Gasteiger partial charge in [-0.2, -0.15) is 0 Å². The summed E-state index contributed by atoms with van der Waals surface area (Å²) in [4.78, 5) is 11.5. The predicted octanol–water partition coefficient (Wildman–Crippen LogP) is 3.24. The number of benzene rings is 1. The highest BCUT2D eigenvalue weighted by molar-refractivity contribution is 5.94. The van der Waals surface area contributed by atoms with Gasteiger partial charge in [0, 0.05) is 0 Å². The lowest BCUT2D eigenvalue weighted by molar-refractivity contribution is 0.0600. The van der Waals surface area contributed by atoms with Gasteiger partial charge in [-0.25, -0.2) is 4.79 Å². The van der Waals surface area contributed by atoms with Crippen molar-refractivity contribution in [2.75, 3.05) is 7.11 Å². The molecule has 3 nitrogen and oxygen atoms in total. The van der Waals surface area contributed by atoms with Crippen molar-refractivity contribution in [3.8, 4) is 0 Å². The Hall–Kier alpha value is -2.29. The quantitative estimate of drug-likeness (QED) is 0.757. The van der Waals surface area contributed by atoms with E-state index < -0.39 is 0 Å². The molecule has 0 bridgehead atoms. The molecule has 1 heterocycles. The first-order valence-electron chi connectivity index (χ1n) is 5.20. The number of ether oxygens (including phenoxy) is 1. The van der Waals surface area contributed by atoms with Crippen molar-refractivity contribution in [1.29, 1.82) is 0 Å². The van der Waals surface area contributed by atoms with Crippen molar-refractivity contribution in [1.82, 2.24) is 0 Å². The van der Waals surface area contributed by atoms with Gasteiger partial charge < -0.3 is 9.15 Å². The van der Waals surface area contributed by atoms with Crippen LogP contribution in [0, 0.1) is 0 Å². The lowest BCUT2D eigenvalue weighted by Crippen LogP contribution is -2.02. The highest BCUT2D eigenvalue weighted by Crippen LogP contribution is 2.14. The molecule has 0 N–H and O–H groups in total. The van der Waals surface area contributed by atoms with E-state index in [4.69, 9.17) is 9.15 Å². The van der Waals surface area contributed by atoms with E-state index in [0.717, 1.165) is 11.3 Å². The Morgan fingerprint density at radius 2 is 2.00 bits per heavy atom. The number of hydrogen-bond acceptors (Lipinski definition) is 3. The van der Waals surface area contributed by atoms with Crippen molar-refractivity contribution in [2.24, 2.45) is 0 Å². The zero-order valence-electron chi connectivity index (χ0n) is 9.42. The first-order valence-corrected chi connectivity index (χ1v) is 5.20. The Balaban J connectivity index is 2.29. The Kier molecular flexibility index (Phi) is 3.40. The second kappa shape index (κ2) is 5.16. The molecule has 1 aromatic heterocycles. The fourth-order valence-corrected chi connectivity index (χ4v) is 1.50. The summed E-state index contributed by atoms with van der Waals surface area (Å²) in [5.74, 6) is 0.398. The van der Waals surface area contributed by atoms with Crippen molar-refractivity contribution < 1.29 is 13.9 Å². The SMILES string of the molecule is COC(=O)c1ccccc1/C=C/c1ccco1. The topological polar surface area (TPSA) is 39.4 Å². The number of carbonyl (C=O) groups excluding carboxylic acids is 1. The number of hydrogen-bond donors (Lipinski definition) is 0. The molecular formula is C14H12O3. The van der Waals surface area contributed by atoms with Crippen LogP contribution in [0.25, 0.3) is 12.2 Å². The van der Waals surface area contributed by atoms with Crippen LogP contribution in [0.4, 0.5) is 0 Å². The van der Waals surface area contributed by atoms with Crippen LogP contribution < -0.4 is 0 Å². The molecule has 17 heavy (non-hydrogen) atoms. The van der Waals surface area contributed by atoms with E-state index in [-0.39, 0.29) is 5.97 Å². The lowest BCUT2D eigenvalue weighted by atomic mass is 10.1. The van der Waals surface area contributed by atoms with Gasteiger partial charge >= 0.3 is 5.97 Å². The second-order valence-electron chi connectivity index (χ2n) is 3.43. The van der Waals surface area contributed by atoms with Crippen LogP contribution >= 0.6 is 0 Å². The highest BCUT2D eigenvalue weighted by Gasteiger charge is 2.08. The number of rotatable bonds is 3. The molecule has 0 radical (unpaired) electrons. The van der Waals surface area contributed by atoms with Gasteiger partial charge in [-0.1, -0.05) is 24.3 Å². The molecule has 0 atom stereocenters. The van der Waals surface area contributed by atoms with E-state index in [1.54, 1.807) is 18.4 Å². The van der Waals surface area contributed by atoms with Crippen LogP contribution in [0.2, 0.25) is 0 Å². The van der Waals surface area contributed by atoms with Gasteiger partial charge in [-0.3, -0.25) is 0 Å². The molecule has 2 rings (SSSR count). The van der Waals surface area contributed by atoms with Gasteiger partial charge in [0.2, 0.25) is 0 Å². The summed E-state index contributed by atoms with van der Waals surface area (Å²) in [7, 11) is 1.37. The van der Waals surface area contributed by atoms with Gasteiger partial charge in [0.1, 0.15) is 5.76 Å². The third kappa shape index (κ3) is 2.64. The Morgan fingerprint density at radius 1 is 1.18 bits per heavy atom. The first-order chi connectivity index (χ1) is 8.31. The van der Waals surface area contributed by atoms with E-state index in [1.165, 1.54) is 7.11 Å². The van der Waals surface area contributed by atoms with Crippen LogP contribution in [0.1, 0.15) is 21.7 Å². The highest BCUT2D eigenvalue weighted by atomic mass is 16.5. The largest absolute Gasteiger partial charge is 0.465 e. The van der Waals surface area contributed by atoms with Gasteiger partial charge in [0.25, 0.3) is 0 Å². The molecule has 86 valence electrons.